The Morgan fingerprint density at radius 2 is 2.08 bits per heavy atom. The molecule has 26 heavy (non-hydrogen) atoms. The van der Waals surface area contributed by atoms with Crippen molar-refractivity contribution >= 4 is 10.0 Å². The van der Waals surface area contributed by atoms with E-state index in [4.69, 9.17) is 9.47 Å². The number of hydrogen-bond donors (Lipinski definition) is 2. The van der Waals surface area contributed by atoms with Crippen LogP contribution in [0.4, 0.5) is 0 Å². The average Bonchev–Trinajstić information content (AvgIpc) is 3.09. The van der Waals surface area contributed by atoms with E-state index in [2.05, 4.69) is 4.72 Å². The molecular weight excluding hydrogens is 354 g/mol. The van der Waals surface area contributed by atoms with E-state index in [-0.39, 0.29) is 11.4 Å². The maximum Gasteiger partial charge on any atom is 0.244 e. The van der Waals surface area contributed by atoms with Gasteiger partial charge in [0, 0.05) is 13.0 Å². The number of aryl methyl sites for hydroxylation is 1. The highest BCUT2D eigenvalue weighted by Crippen LogP contribution is 2.29. The van der Waals surface area contributed by atoms with Gasteiger partial charge in [-0.25, -0.2) is 13.1 Å². The zero-order valence-electron chi connectivity index (χ0n) is 14.9. The molecule has 1 aliphatic rings. The summed E-state index contributed by atoms with van der Waals surface area (Å²) in [6.45, 7) is 4.49. The predicted octanol–water partition coefficient (Wildman–Crippen LogP) is 2.34. The van der Waals surface area contributed by atoms with Crippen LogP contribution in [0.1, 0.15) is 29.7 Å². The van der Waals surface area contributed by atoms with Crippen LogP contribution in [0.25, 0.3) is 0 Å². The van der Waals surface area contributed by atoms with Crippen LogP contribution >= 0.6 is 0 Å². The van der Waals surface area contributed by atoms with Gasteiger partial charge in [-0.1, -0.05) is 12.1 Å². The molecule has 1 atom stereocenters. The second-order valence-corrected chi connectivity index (χ2v) is 7.95. The van der Waals surface area contributed by atoms with Crippen LogP contribution in [0.2, 0.25) is 0 Å². The van der Waals surface area contributed by atoms with Crippen LogP contribution in [-0.2, 0) is 16.4 Å². The Morgan fingerprint density at radius 1 is 1.27 bits per heavy atom. The molecule has 0 aromatic heterocycles. The summed E-state index contributed by atoms with van der Waals surface area (Å²) in [6, 6.07) is 10.4. The van der Waals surface area contributed by atoms with E-state index in [0.29, 0.717) is 24.5 Å². The summed E-state index contributed by atoms with van der Waals surface area (Å²) in [5.41, 5.74) is 2.50. The van der Waals surface area contributed by atoms with Crippen LogP contribution in [0, 0.1) is 6.92 Å². The average molecular weight is 377 g/mol. The van der Waals surface area contributed by atoms with Gasteiger partial charge in [0.25, 0.3) is 0 Å². The van der Waals surface area contributed by atoms with Gasteiger partial charge in [-0.3, -0.25) is 0 Å². The molecule has 0 saturated carbocycles. The lowest BCUT2D eigenvalue weighted by molar-refractivity contribution is 0.182. The molecule has 7 heteroatoms. The van der Waals surface area contributed by atoms with E-state index in [1.54, 1.807) is 31.2 Å². The minimum absolute atomic E-state index is 0.0777. The fourth-order valence-corrected chi connectivity index (χ4v) is 4.16. The first-order valence-electron chi connectivity index (χ1n) is 8.57. The Balaban J connectivity index is 1.75. The molecule has 2 aromatic carbocycles. The number of sulfonamides is 1. The fraction of sp³-hybridized carbons (Fsp3) is 0.368. The molecule has 0 aliphatic carbocycles. The highest BCUT2D eigenvalue weighted by molar-refractivity contribution is 7.89. The van der Waals surface area contributed by atoms with Crippen molar-refractivity contribution in [2.45, 2.75) is 31.3 Å². The van der Waals surface area contributed by atoms with E-state index in [0.717, 1.165) is 23.3 Å². The molecule has 2 N–H and O–H groups in total. The Labute approximate surface area is 153 Å². The molecule has 0 amide bonds. The van der Waals surface area contributed by atoms with E-state index in [1.165, 1.54) is 0 Å². The number of ether oxygens (including phenoxy) is 2. The molecule has 1 unspecified atom stereocenters. The Hall–Kier alpha value is -2.09. The number of aliphatic hydroxyl groups excluding tert-OH is 1. The number of rotatable bonds is 7. The quantitative estimate of drug-likeness (QED) is 0.774. The van der Waals surface area contributed by atoms with E-state index < -0.39 is 16.1 Å². The predicted molar refractivity (Wildman–Crippen MR) is 98.1 cm³/mol. The Morgan fingerprint density at radius 3 is 2.85 bits per heavy atom. The summed E-state index contributed by atoms with van der Waals surface area (Å²) >= 11 is 0. The summed E-state index contributed by atoms with van der Waals surface area (Å²) in [5.74, 6) is 1.12. The number of nitrogens with one attached hydrogen (secondary N) is 1. The van der Waals surface area contributed by atoms with Gasteiger partial charge < -0.3 is 14.6 Å². The highest BCUT2D eigenvalue weighted by atomic mass is 32.2. The largest absolute Gasteiger partial charge is 0.493 e. The van der Waals surface area contributed by atoms with Crippen LogP contribution < -0.4 is 14.2 Å². The minimum atomic E-state index is -3.81. The highest BCUT2D eigenvalue weighted by Gasteiger charge is 2.22. The lowest BCUT2D eigenvalue weighted by atomic mass is 10.0. The molecule has 0 radical (unpaired) electrons. The van der Waals surface area contributed by atoms with Gasteiger partial charge in [0.1, 0.15) is 16.4 Å². The number of fused-ring (bicyclic) bond motifs is 1. The minimum Gasteiger partial charge on any atom is -0.493 e. The summed E-state index contributed by atoms with van der Waals surface area (Å²) in [4.78, 5) is 0.0777. The van der Waals surface area contributed by atoms with E-state index in [9.17, 15) is 13.5 Å². The first-order valence-corrected chi connectivity index (χ1v) is 10.1. The van der Waals surface area contributed by atoms with Crippen LogP contribution in [0.5, 0.6) is 11.5 Å². The normalized spacial score (nSPS) is 14.6. The second-order valence-electron chi connectivity index (χ2n) is 6.22. The van der Waals surface area contributed by atoms with Crippen molar-refractivity contribution in [3.8, 4) is 11.5 Å². The molecule has 2 aromatic rings. The molecule has 0 fully saturated rings. The summed E-state index contributed by atoms with van der Waals surface area (Å²) in [7, 11) is -3.81. The first kappa shape index (κ1) is 18.7. The van der Waals surface area contributed by atoms with Gasteiger partial charge in [0.2, 0.25) is 10.0 Å². The van der Waals surface area contributed by atoms with Crippen molar-refractivity contribution in [3.63, 3.8) is 0 Å². The smallest absolute Gasteiger partial charge is 0.244 e. The summed E-state index contributed by atoms with van der Waals surface area (Å²) < 4.78 is 38.7. The Bertz CT molecular complexity index is 895. The van der Waals surface area contributed by atoms with Gasteiger partial charge in [-0.05, 0) is 54.8 Å². The van der Waals surface area contributed by atoms with E-state index in [1.807, 2.05) is 19.1 Å². The third-order valence-corrected chi connectivity index (χ3v) is 5.70. The van der Waals surface area contributed by atoms with Gasteiger partial charge in [0.05, 0.1) is 19.3 Å². The zero-order chi connectivity index (χ0) is 18.7. The van der Waals surface area contributed by atoms with Crippen molar-refractivity contribution in [1.29, 1.82) is 0 Å². The third kappa shape index (κ3) is 4.00. The monoisotopic (exact) mass is 377 g/mol. The number of aliphatic hydroxyl groups is 1. The van der Waals surface area contributed by atoms with Gasteiger partial charge >= 0.3 is 0 Å². The molecule has 1 aliphatic heterocycles. The van der Waals surface area contributed by atoms with Crippen molar-refractivity contribution in [3.05, 3.63) is 53.1 Å². The number of benzene rings is 2. The van der Waals surface area contributed by atoms with Crippen molar-refractivity contribution in [2.75, 3.05) is 19.8 Å². The van der Waals surface area contributed by atoms with Gasteiger partial charge in [0.15, 0.2) is 0 Å². The van der Waals surface area contributed by atoms with Crippen LogP contribution in [-0.4, -0.2) is 33.3 Å². The number of hydrogen-bond acceptors (Lipinski definition) is 5. The van der Waals surface area contributed by atoms with Gasteiger partial charge in [-0.2, -0.15) is 0 Å². The molecular formula is C19H23NO5S. The fourth-order valence-electron chi connectivity index (χ4n) is 2.90. The first-order chi connectivity index (χ1) is 12.4. The zero-order valence-corrected chi connectivity index (χ0v) is 15.7. The van der Waals surface area contributed by atoms with Crippen LogP contribution in [0.15, 0.2) is 41.3 Å². The molecule has 6 nitrogen and oxygen atoms in total. The third-order valence-electron chi connectivity index (χ3n) is 4.25. The lowest BCUT2D eigenvalue weighted by Gasteiger charge is -2.16. The van der Waals surface area contributed by atoms with Gasteiger partial charge in [-0.15, -0.1) is 0 Å². The lowest BCUT2D eigenvalue weighted by Crippen LogP contribution is -2.29. The Kier molecular flexibility index (Phi) is 5.50. The molecule has 0 saturated heterocycles. The SMILES string of the molecule is CCOc1ccc(C)cc1S(=O)(=O)NCC(O)c1ccc2c(c1)CCO2. The molecule has 1 heterocycles. The van der Waals surface area contributed by atoms with Crippen molar-refractivity contribution in [1.82, 2.24) is 4.72 Å². The summed E-state index contributed by atoms with van der Waals surface area (Å²) in [6.07, 6.45) is -0.154. The summed E-state index contributed by atoms with van der Waals surface area (Å²) in [5, 5.41) is 10.4. The maximum absolute atomic E-state index is 12.7. The maximum atomic E-state index is 12.7. The van der Waals surface area contributed by atoms with Crippen LogP contribution in [0.3, 0.4) is 0 Å². The molecule has 0 bridgehead atoms. The van der Waals surface area contributed by atoms with Crippen molar-refractivity contribution < 1.29 is 23.0 Å². The molecule has 0 spiro atoms. The molecule has 140 valence electrons. The molecule has 3 rings (SSSR count). The van der Waals surface area contributed by atoms with E-state index >= 15 is 0 Å². The topological polar surface area (TPSA) is 84.9 Å². The van der Waals surface area contributed by atoms with Crippen molar-refractivity contribution in [2.24, 2.45) is 0 Å². The standard InChI is InChI=1S/C19H23NO5S/c1-3-24-18-6-4-13(2)10-19(18)26(22,23)20-12-16(21)14-5-7-17-15(11-14)8-9-25-17/h4-7,10-11,16,20-21H,3,8-9,12H2,1-2H3. The second kappa shape index (κ2) is 7.65.